The van der Waals surface area contributed by atoms with Gasteiger partial charge < -0.3 is 20.0 Å². The van der Waals surface area contributed by atoms with Crippen molar-refractivity contribution in [1.82, 2.24) is 5.43 Å². The second-order valence-corrected chi connectivity index (χ2v) is 5.86. The van der Waals surface area contributed by atoms with E-state index in [2.05, 4.69) is 15.8 Å². The van der Waals surface area contributed by atoms with Crippen LogP contribution in [-0.2, 0) is 14.4 Å². The minimum absolute atomic E-state index is 0.144. The van der Waals surface area contributed by atoms with Crippen LogP contribution in [0.4, 0.5) is 5.69 Å². The minimum atomic E-state index is -1.38. The second-order valence-electron chi connectivity index (χ2n) is 5.01. The van der Waals surface area contributed by atoms with Crippen LogP contribution in [-0.4, -0.2) is 30.6 Å². The summed E-state index contributed by atoms with van der Waals surface area (Å²) >= 11 is 11.7. The van der Waals surface area contributed by atoms with Gasteiger partial charge in [0, 0.05) is 10.7 Å². The number of halogens is 2. The highest BCUT2D eigenvalue weighted by molar-refractivity contribution is 6.39. The van der Waals surface area contributed by atoms with Crippen LogP contribution in [0, 0.1) is 0 Å². The highest BCUT2D eigenvalue weighted by atomic mass is 35.5. The van der Waals surface area contributed by atoms with Crippen LogP contribution in [0.1, 0.15) is 5.56 Å². The topological polar surface area (TPSA) is 120 Å². The number of hydrazone groups is 1. The van der Waals surface area contributed by atoms with E-state index >= 15 is 0 Å². The molecule has 0 unspecified atom stereocenters. The number of carbonyl (C=O) groups excluding carboxylic acids is 3. The number of ether oxygens (including phenoxy) is 1. The standard InChI is InChI=1S/C17H13Cl2N3O5/c18-11-2-1-3-12(7-11)21-16(25)17(26)22-20-8-10-4-5-14(13(19)6-10)27-9-15(23)24/h1-8H,9H2,(H,21,25)(H,22,26)(H,23,24)/p-1/b20-8-. The van der Waals surface area contributed by atoms with E-state index in [4.69, 9.17) is 27.9 Å². The van der Waals surface area contributed by atoms with E-state index in [1.807, 2.05) is 0 Å². The maximum Gasteiger partial charge on any atom is 0.329 e. The molecule has 0 radical (unpaired) electrons. The fraction of sp³-hybridized carbons (Fsp3) is 0.0588. The number of amides is 2. The Kier molecular flexibility index (Phi) is 7.16. The summed E-state index contributed by atoms with van der Waals surface area (Å²) in [6, 6.07) is 10.7. The van der Waals surface area contributed by atoms with Gasteiger partial charge in [0.05, 0.1) is 17.2 Å². The molecule has 0 aliphatic heterocycles. The molecule has 2 aromatic rings. The molecule has 0 aliphatic carbocycles. The lowest BCUT2D eigenvalue weighted by molar-refractivity contribution is -0.307. The Labute approximate surface area is 163 Å². The molecular formula is C17H12Cl2N3O5-. The maximum atomic E-state index is 11.8. The second kappa shape index (κ2) is 9.56. The van der Waals surface area contributed by atoms with Crippen LogP contribution in [0.15, 0.2) is 47.6 Å². The molecule has 0 saturated heterocycles. The third kappa shape index (κ3) is 6.61. The number of aliphatic carboxylic acids is 1. The molecule has 0 aromatic heterocycles. The van der Waals surface area contributed by atoms with Gasteiger partial charge in [0.2, 0.25) is 0 Å². The Bertz CT molecular complexity index is 902. The van der Waals surface area contributed by atoms with Crippen molar-refractivity contribution in [2.75, 3.05) is 11.9 Å². The van der Waals surface area contributed by atoms with Crippen LogP contribution in [0.5, 0.6) is 5.75 Å². The average Bonchev–Trinajstić information content (AvgIpc) is 2.60. The van der Waals surface area contributed by atoms with Crippen molar-refractivity contribution in [2.45, 2.75) is 0 Å². The van der Waals surface area contributed by atoms with E-state index in [1.165, 1.54) is 30.5 Å². The third-order valence-electron chi connectivity index (χ3n) is 2.97. The van der Waals surface area contributed by atoms with Crippen molar-refractivity contribution in [2.24, 2.45) is 5.10 Å². The molecular weight excluding hydrogens is 397 g/mol. The number of rotatable bonds is 6. The fourth-order valence-electron chi connectivity index (χ4n) is 1.82. The van der Waals surface area contributed by atoms with Crippen LogP contribution in [0.2, 0.25) is 10.0 Å². The van der Waals surface area contributed by atoms with Crippen LogP contribution in [0.25, 0.3) is 0 Å². The zero-order chi connectivity index (χ0) is 19.8. The molecule has 10 heteroatoms. The zero-order valence-corrected chi connectivity index (χ0v) is 15.1. The van der Waals surface area contributed by atoms with Gasteiger partial charge in [-0.2, -0.15) is 5.10 Å². The first-order valence-corrected chi connectivity index (χ1v) is 8.13. The molecule has 0 saturated carbocycles. The largest absolute Gasteiger partial charge is 0.546 e. The van der Waals surface area contributed by atoms with Crippen molar-refractivity contribution in [1.29, 1.82) is 0 Å². The van der Waals surface area contributed by atoms with Crippen molar-refractivity contribution in [3.63, 3.8) is 0 Å². The molecule has 0 aliphatic rings. The number of carbonyl (C=O) groups is 3. The molecule has 0 heterocycles. The molecule has 2 rings (SSSR count). The van der Waals surface area contributed by atoms with E-state index in [-0.39, 0.29) is 10.8 Å². The SMILES string of the molecule is O=C([O-])COc1ccc(/C=N\NC(=O)C(=O)Nc2cccc(Cl)c2)cc1Cl. The summed E-state index contributed by atoms with van der Waals surface area (Å²) in [7, 11) is 0. The van der Waals surface area contributed by atoms with E-state index in [0.717, 1.165) is 0 Å². The summed E-state index contributed by atoms with van der Waals surface area (Å²) in [6.45, 7) is -0.634. The van der Waals surface area contributed by atoms with Crippen LogP contribution >= 0.6 is 23.2 Å². The Morgan fingerprint density at radius 2 is 1.89 bits per heavy atom. The first kappa shape index (κ1) is 20.2. The summed E-state index contributed by atoms with van der Waals surface area (Å²) in [6.07, 6.45) is 1.25. The lowest BCUT2D eigenvalue weighted by Gasteiger charge is -2.08. The number of hydrogen-bond donors (Lipinski definition) is 2. The summed E-state index contributed by atoms with van der Waals surface area (Å²) in [4.78, 5) is 33.8. The molecule has 0 fully saturated rings. The molecule has 2 aromatic carbocycles. The van der Waals surface area contributed by atoms with Gasteiger partial charge in [0.1, 0.15) is 12.4 Å². The number of benzene rings is 2. The summed E-state index contributed by atoms with van der Waals surface area (Å²) < 4.78 is 4.92. The van der Waals surface area contributed by atoms with Crippen molar-refractivity contribution in [3.8, 4) is 5.75 Å². The molecule has 2 amide bonds. The first-order chi connectivity index (χ1) is 12.8. The number of nitrogens with zero attached hydrogens (tertiary/aromatic N) is 1. The normalized spacial score (nSPS) is 10.4. The molecule has 0 spiro atoms. The van der Waals surface area contributed by atoms with Crippen molar-refractivity contribution in [3.05, 3.63) is 58.1 Å². The number of hydrogen-bond acceptors (Lipinski definition) is 6. The molecule has 0 bridgehead atoms. The van der Waals surface area contributed by atoms with Gasteiger partial charge in [0.25, 0.3) is 0 Å². The Hall–Kier alpha value is -3.10. The van der Waals surface area contributed by atoms with Crippen LogP contribution in [0.3, 0.4) is 0 Å². The fourth-order valence-corrected chi connectivity index (χ4v) is 2.26. The van der Waals surface area contributed by atoms with Gasteiger partial charge in [-0.25, -0.2) is 5.43 Å². The number of anilines is 1. The molecule has 2 N–H and O–H groups in total. The van der Waals surface area contributed by atoms with E-state index < -0.39 is 24.4 Å². The van der Waals surface area contributed by atoms with Crippen molar-refractivity contribution >= 4 is 52.9 Å². The lowest BCUT2D eigenvalue weighted by atomic mass is 10.2. The minimum Gasteiger partial charge on any atom is -0.546 e. The van der Waals surface area contributed by atoms with Gasteiger partial charge in [-0.15, -0.1) is 0 Å². The summed E-state index contributed by atoms with van der Waals surface area (Å²) in [5.41, 5.74) is 2.91. The Morgan fingerprint density at radius 1 is 1.11 bits per heavy atom. The monoisotopic (exact) mass is 408 g/mol. The quantitative estimate of drug-likeness (QED) is 0.422. The number of nitrogens with one attached hydrogen (secondary N) is 2. The van der Waals surface area contributed by atoms with E-state index in [1.54, 1.807) is 18.2 Å². The predicted octanol–water partition coefficient (Wildman–Crippen LogP) is 1.21. The van der Waals surface area contributed by atoms with Gasteiger partial charge in [-0.05, 0) is 42.0 Å². The van der Waals surface area contributed by atoms with E-state index in [0.29, 0.717) is 16.3 Å². The Balaban J connectivity index is 1.90. The van der Waals surface area contributed by atoms with Gasteiger partial charge in [-0.1, -0.05) is 29.3 Å². The Morgan fingerprint density at radius 3 is 2.56 bits per heavy atom. The van der Waals surface area contributed by atoms with Gasteiger partial charge in [0.15, 0.2) is 0 Å². The smallest absolute Gasteiger partial charge is 0.329 e. The zero-order valence-electron chi connectivity index (χ0n) is 13.6. The average molecular weight is 409 g/mol. The highest BCUT2D eigenvalue weighted by Gasteiger charge is 2.12. The van der Waals surface area contributed by atoms with Crippen molar-refractivity contribution < 1.29 is 24.2 Å². The molecule has 0 atom stereocenters. The lowest BCUT2D eigenvalue weighted by Crippen LogP contribution is -2.32. The molecule has 8 nitrogen and oxygen atoms in total. The van der Waals surface area contributed by atoms with E-state index in [9.17, 15) is 19.5 Å². The van der Waals surface area contributed by atoms with Crippen LogP contribution < -0.4 is 20.6 Å². The maximum absolute atomic E-state index is 11.8. The number of carboxylic acid groups (broad SMARTS) is 1. The third-order valence-corrected chi connectivity index (χ3v) is 3.50. The van der Waals surface area contributed by atoms with Gasteiger partial charge in [-0.3, -0.25) is 9.59 Å². The molecule has 140 valence electrons. The molecule has 27 heavy (non-hydrogen) atoms. The predicted molar refractivity (Wildman–Crippen MR) is 97.8 cm³/mol. The summed E-state index contributed by atoms with van der Waals surface area (Å²) in [5, 5.41) is 16.9. The van der Waals surface area contributed by atoms with Gasteiger partial charge >= 0.3 is 11.8 Å². The number of carboxylic acids is 1. The summed E-state index contributed by atoms with van der Waals surface area (Å²) in [5.74, 6) is -3.12. The highest BCUT2D eigenvalue weighted by Crippen LogP contribution is 2.24. The first-order valence-electron chi connectivity index (χ1n) is 7.37.